The summed E-state index contributed by atoms with van der Waals surface area (Å²) in [6, 6.07) is -2.15. The molecule has 0 radical (unpaired) electrons. The summed E-state index contributed by atoms with van der Waals surface area (Å²) in [4.78, 5) is 53.3. The lowest BCUT2D eigenvalue weighted by Crippen LogP contribution is -2.52. The summed E-state index contributed by atoms with van der Waals surface area (Å²) in [5.74, 6) is -3.17. The standard InChI is InChI=1S/C15H25N3O5/c1-6-9(2)13(17(4)5)14(21)16-10(3)15(22)23-18-11(19)7-8-12(18)20/h9-10,13H,6-8H2,1-5H3,(H,16,21)/i4+1D3. The summed E-state index contributed by atoms with van der Waals surface area (Å²) in [6.45, 7) is 2.40. The highest BCUT2D eigenvalue weighted by Crippen LogP contribution is 2.14. The fourth-order valence-electron chi connectivity index (χ4n) is 2.22. The van der Waals surface area contributed by atoms with E-state index in [4.69, 9.17) is 8.95 Å². The fraction of sp³-hybridized carbons (Fsp3) is 0.733. The molecule has 1 saturated heterocycles. The van der Waals surface area contributed by atoms with Crippen LogP contribution in [0, 0.1) is 5.92 Å². The topological polar surface area (TPSA) is 96.0 Å². The number of likely N-dealkylation sites (N-methyl/N-ethyl adjacent to an activating group) is 1. The molecule has 0 saturated carbocycles. The van der Waals surface area contributed by atoms with Crippen LogP contribution in [-0.2, 0) is 24.0 Å². The summed E-state index contributed by atoms with van der Waals surface area (Å²) in [5.41, 5.74) is 0. The number of hydrogen-bond donors (Lipinski definition) is 1. The molecule has 1 aliphatic heterocycles. The zero-order chi connectivity index (χ0) is 20.2. The van der Waals surface area contributed by atoms with E-state index in [9.17, 15) is 19.2 Å². The van der Waals surface area contributed by atoms with Gasteiger partial charge in [-0.2, -0.15) is 0 Å². The molecule has 0 aromatic heterocycles. The normalized spacial score (nSPS) is 21.3. The van der Waals surface area contributed by atoms with E-state index in [0.717, 1.165) is 4.90 Å². The summed E-state index contributed by atoms with van der Waals surface area (Å²) < 4.78 is 22.5. The van der Waals surface area contributed by atoms with Gasteiger partial charge in [0.1, 0.15) is 6.04 Å². The molecule has 3 atom stereocenters. The second-order valence-electron chi connectivity index (χ2n) is 5.66. The second kappa shape index (κ2) is 8.05. The number of hydroxylamine groups is 2. The second-order valence-corrected chi connectivity index (χ2v) is 5.66. The highest BCUT2D eigenvalue weighted by molar-refractivity contribution is 6.02. The Hall–Kier alpha value is -1.96. The average Bonchev–Trinajstić information content (AvgIpc) is 2.85. The zero-order valence-corrected chi connectivity index (χ0v) is 13.8. The van der Waals surface area contributed by atoms with Crippen LogP contribution in [0.3, 0.4) is 0 Å². The van der Waals surface area contributed by atoms with E-state index in [1.807, 2.05) is 6.92 Å². The van der Waals surface area contributed by atoms with E-state index in [-0.39, 0.29) is 18.8 Å². The molecule has 0 aromatic rings. The SMILES string of the molecule is [2H][13C]([2H])([2H])N(C)C(C(=O)NC(C)C(=O)ON1C(=O)CCC1=O)C(C)CC. The summed E-state index contributed by atoms with van der Waals surface area (Å²) in [5, 5.41) is 2.79. The predicted molar refractivity (Wildman–Crippen MR) is 81.7 cm³/mol. The van der Waals surface area contributed by atoms with Gasteiger partial charge in [-0.1, -0.05) is 20.3 Å². The van der Waals surface area contributed by atoms with Crippen molar-refractivity contribution in [1.82, 2.24) is 15.3 Å². The Labute approximate surface area is 140 Å². The number of carbonyl (C=O) groups is 4. The van der Waals surface area contributed by atoms with Gasteiger partial charge < -0.3 is 10.2 Å². The molecular weight excluding hydrogens is 303 g/mol. The van der Waals surface area contributed by atoms with Crippen LogP contribution in [0.1, 0.15) is 44.1 Å². The first-order valence-electron chi connectivity index (χ1n) is 9.01. The minimum Gasteiger partial charge on any atom is -0.341 e. The number of imide groups is 1. The molecule has 1 N–H and O–H groups in total. The quantitative estimate of drug-likeness (QED) is 0.524. The third-order valence-corrected chi connectivity index (χ3v) is 3.77. The van der Waals surface area contributed by atoms with Crippen molar-refractivity contribution in [2.75, 3.05) is 14.0 Å². The zero-order valence-electron chi connectivity index (χ0n) is 16.8. The summed E-state index contributed by atoms with van der Waals surface area (Å²) >= 11 is 0. The molecule has 8 heteroatoms. The molecule has 1 aliphatic rings. The van der Waals surface area contributed by atoms with Crippen molar-refractivity contribution in [2.24, 2.45) is 5.92 Å². The van der Waals surface area contributed by atoms with Crippen molar-refractivity contribution in [3.63, 3.8) is 0 Å². The molecule has 8 nitrogen and oxygen atoms in total. The molecule has 1 heterocycles. The van der Waals surface area contributed by atoms with E-state index >= 15 is 0 Å². The van der Waals surface area contributed by atoms with Crippen LogP contribution in [-0.4, -0.2) is 59.8 Å². The van der Waals surface area contributed by atoms with Crippen molar-refractivity contribution in [3.05, 3.63) is 0 Å². The number of carbonyl (C=O) groups excluding carboxylic acids is 4. The first kappa shape index (κ1) is 14.6. The van der Waals surface area contributed by atoms with Gasteiger partial charge in [-0.15, -0.1) is 5.06 Å². The van der Waals surface area contributed by atoms with E-state index in [1.165, 1.54) is 14.0 Å². The minimum absolute atomic E-state index is 0.0354. The highest BCUT2D eigenvalue weighted by Gasteiger charge is 2.35. The van der Waals surface area contributed by atoms with Gasteiger partial charge in [-0.25, -0.2) is 4.79 Å². The Balaban J connectivity index is 2.79. The summed E-state index contributed by atoms with van der Waals surface area (Å²) in [7, 11) is 1.31. The van der Waals surface area contributed by atoms with Gasteiger partial charge in [0.15, 0.2) is 0 Å². The molecule has 3 amide bonds. The Kier molecular flexibility index (Phi) is 5.12. The maximum atomic E-state index is 12.6. The molecule has 0 aliphatic carbocycles. The van der Waals surface area contributed by atoms with Crippen LogP contribution in [0.2, 0.25) is 0 Å². The molecule has 1 fully saturated rings. The molecule has 0 spiro atoms. The van der Waals surface area contributed by atoms with Gasteiger partial charge in [-0.05, 0) is 26.9 Å². The third kappa shape index (κ3) is 4.75. The monoisotopic (exact) mass is 331 g/mol. The van der Waals surface area contributed by atoms with Crippen molar-refractivity contribution >= 4 is 23.7 Å². The first-order valence-corrected chi connectivity index (χ1v) is 7.51. The average molecular weight is 331 g/mol. The van der Waals surface area contributed by atoms with Gasteiger partial charge in [0.2, 0.25) is 5.91 Å². The number of nitrogens with one attached hydrogen (secondary N) is 1. The Bertz CT molecular complexity index is 565. The number of rotatable bonds is 7. The highest BCUT2D eigenvalue weighted by atomic mass is 16.7. The Morgan fingerprint density at radius 2 is 1.91 bits per heavy atom. The molecule has 0 aromatic carbocycles. The maximum Gasteiger partial charge on any atom is 0.354 e. The van der Waals surface area contributed by atoms with Crippen LogP contribution < -0.4 is 5.32 Å². The number of nitrogens with zero attached hydrogens (tertiary/aromatic N) is 2. The van der Waals surface area contributed by atoms with Crippen LogP contribution in [0.4, 0.5) is 0 Å². The lowest BCUT2D eigenvalue weighted by atomic mass is 9.97. The fourth-order valence-corrected chi connectivity index (χ4v) is 2.22. The van der Waals surface area contributed by atoms with E-state index in [2.05, 4.69) is 5.32 Å². The molecule has 130 valence electrons. The molecule has 3 unspecified atom stereocenters. The van der Waals surface area contributed by atoms with Crippen LogP contribution in [0.5, 0.6) is 0 Å². The molecule has 1 rings (SSSR count). The Morgan fingerprint density at radius 1 is 1.35 bits per heavy atom. The maximum absolute atomic E-state index is 12.6. The lowest BCUT2D eigenvalue weighted by molar-refractivity contribution is -0.198. The largest absolute Gasteiger partial charge is 0.354 e. The van der Waals surface area contributed by atoms with E-state index in [1.54, 1.807) is 6.92 Å². The van der Waals surface area contributed by atoms with Gasteiger partial charge in [0.25, 0.3) is 11.8 Å². The van der Waals surface area contributed by atoms with Crippen molar-refractivity contribution in [1.29, 1.82) is 0 Å². The van der Waals surface area contributed by atoms with Gasteiger partial charge >= 0.3 is 5.97 Å². The molecule has 0 bridgehead atoms. The van der Waals surface area contributed by atoms with Gasteiger partial charge in [0, 0.05) is 17.0 Å². The third-order valence-electron chi connectivity index (χ3n) is 3.77. The number of hydrogen-bond acceptors (Lipinski definition) is 6. The predicted octanol–water partition coefficient (Wildman–Crippen LogP) is 0.0746. The van der Waals surface area contributed by atoms with Crippen LogP contribution in [0.25, 0.3) is 0 Å². The van der Waals surface area contributed by atoms with Crippen LogP contribution >= 0.6 is 0 Å². The van der Waals surface area contributed by atoms with Crippen molar-refractivity contribution in [2.45, 2.75) is 52.1 Å². The Morgan fingerprint density at radius 3 is 2.39 bits per heavy atom. The lowest BCUT2D eigenvalue weighted by Gasteiger charge is -2.29. The summed E-state index contributed by atoms with van der Waals surface area (Å²) in [6.07, 6.45) is 0.479. The molecular formula is C15H25N3O5. The first-order chi connectivity index (χ1) is 11.9. The smallest absolute Gasteiger partial charge is 0.341 e. The van der Waals surface area contributed by atoms with Crippen molar-refractivity contribution in [3.8, 4) is 0 Å². The number of amides is 3. The van der Waals surface area contributed by atoms with E-state index in [0.29, 0.717) is 11.5 Å². The van der Waals surface area contributed by atoms with Crippen LogP contribution in [0.15, 0.2) is 0 Å². The molecule has 23 heavy (non-hydrogen) atoms. The van der Waals surface area contributed by atoms with Crippen molar-refractivity contribution < 1.29 is 28.1 Å². The minimum atomic E-state index is -2.48. The van der Waals surface area contributed by atoms with Gasteiger partial charge in [-0.3, -0.25) is 19.3 Å². The van der Waals surface area contributed by atoms with E-state index < -0.39 is 42.8 Å². The van der Waals surface area contributed by atoms with Gasteiger partial charge in [0.05, 0.1) is 6.04 Å².